The molecule has 2 aromatic rings. The maximum atomic E-state index is 12.9. The van der Waals surface area contributed by atoms with Crippen molar-refractivity contribution in [3.05, 3.63) is 52.0 Å². The lowest BCUT2D eigenvalue weighted by Gasteiger charge is -2.29. The molecule has 1 amide bonds. The topological polar surface area (TPSA) is 102 Å². The molecule has 2 aromatic carbocycles. The molecule has 0 fully saturated rings. The van der Waals surface area contributed by atoms with Gasteiger partial charge in [0.15, 0.2) is 0 Å². The van der Waals surface area contributed by atoms with Gasteiger partial charge in [0.05, 0.1) is 36.2 Å². The minimum absolute atomic E-state index is 0.0745. The molecule has 0 aromatic heterocycles. The van der Waals surface area contributed by atoms with Crippen LogP contribution in [0.5, 0.6) is 5.75 Å². The summed E-state index contributed by atoms with van der Waals surface area (Å²) in [5.41, 5.74) is 0.435. The third kappa shape index (κ3) is 6.03. The molecule has 0 radical (unpaired) electrons. The van der Waals surface area contributed by atoms with Gasteiger partial charge in [-0.15, -0.1) is 0 Å². The number of halogens is 2. The summed E-state index contributed by atoms with van der Waals surface area (Å²) in [4.78, 5) is 24.9. The van der Waals surface area contributed by atoms with Crippen molar-refractivity contribution in [1.82, 2.24) is 0 Å². The Labute approximate surface area is 191 Å². The van der Waals surface area contributed by atoms with E-state index in [0.717, 1.165) is 10.6 Å². The molecule has 0 heterocycles. The van der Waals surface area contributed by atoms with Gasteiger partial charge in [0.1, 0.15) is 11.8 Å². The van der Waals surface area contributed by atoms with Gasteiger partial charge in [-0.25, -0.2) is 13.2 Å². The molecule has 11 heteroatoms. The Morgan fingerprint density at radius 2 is 1.84 bits per heavy atom. The summed E-state index contributed by atoms with van der Waals surface area (Å²) in [5, 5.41) is 3.03. The van der Waals surface area contributed by atoms with Crippen LogP contribution in [0.1, 0.15) is 24.2 Å². The average Bonchev–Trinajstić information content (AvgIpc) is 2.68. The van der Waals surface area contributed by atoms with Gasteiger partial charge in [0, 0.05) is 10.7 Å². The summed E-state index contributed by atoms with van der Waals surface area (Å²) >= 11 is 12.1. The van der Waals surface area contributed by atoms with Crippen LogP contribution in [0, 0.1) is 0 Å². The summed E-state index contributed by atoms with van der Waals surface area (Å²) in [5.74, 6) is -1.06. The zero-order chi connectivity index (χ0) is 23.3. The lowest BCUT2D eigenvalue weighted by atomic mass is 10.2. The number of hydrogen-bond acceptors (Lipinski definition) is 6. The first-order valence-electron chi connectivity index (χ1n) is 9.10. The van der Waals surface area contributed by atoms with Crippen LogP contribution >= 0.6 is 23.2 Å². The lowest BCUT2D eigenvalue weighted by molar-refractivity contribution is -0.116. The summed E-state index contributed by atoms with van der Waals surface area (Å²) < 4.78 is 36.2. The predicted octanol–water partition coefficient (Wildman–Crippen LogP) is 3.97. The van der Waals surface area contributed by atoms with Gasteiger partial charge >= 0.3 is 5.97 Å². The molecule has 2 rings (SSSR count). The normalized spacial score (nSPS) is 12.1. The minimum atomic E-state index is -3.90. The van der Waals surface area contributed by atoms with Crippen molar-refractivity contribution in [2.24, 2.45) is 0 Å². The number of nitrogens with zero attached hydrogens (tertiary/aromatic N) is 1. The van der Waals surface area contributed by atoms with Crippen molar-refractivity contribution in [3.63, 3.8) is 0 Å². The second-order valence-corrected chi connectivity index (χ2v) is 9.16. The van der Waals surface area contributed by atoms with Gasteiger partial charge in [-0.3, -0.25) is 9.10 Å². The average molecular weight is 489 g/mol. The fourth-order valence-electron chi connectivity index (χ4n) is 2.83. The number of methoxy groups -OCH3 is 1. The summed E-state index contributed by atoms with van der Waals surface area (Å²) in [6.45, 7) is 3.23. The second kappa shape index (κ2) is 10.2. The monoisotopic (exact) mass is 488 g/mol. The molecule has 0 bridgehead atoms. The Hall–Kier alpha value is -2.49. The van der Waals surface area contributed by atoms with Gasteiger partial charge in [0.25, 0.3) is 0 Å². The molecule has 31 heavy (non-hydrogen) atoms. The maximum absolute atomic E-state index is 12.9. The first-order chi connectivity index (χ1) is 14.5. The van der Waals surface area contributed by atoms with E-state index >= 15 is 0 Å². The first kappa shape index (κ1) is 24.8. The number of carbonyl (C=O) groups excluding carboxylic acids is 2. The number of amides is 1. The number of esters is 1. The Balaban J connectivity index is 2.39. The number of sulfonamides is 1. The molecule has 1 atom stereocenters. The van der Waals surface area contributed by atoms with Gasteiger partial charge in [-0.2, -0.15) is 0 Å². The van der Waals surface area contributed by atoms with Gasteiger partial charge in [-0.1, -0.05) is 23.2 Å². The summed E-state index contributed by atoms with van der Waals surface area (Å²) in [6, 6.07) is 7.54. The van der Waals surface area contributed by atoms with Crippen LogP contribution < -0.4 is 14.4 Å². The molecule has 0 saturated heterocycles. The molecule has 0 saturated carbocycles. The molecule has 8 nitrogen and oxygen atoms in total. The molecule has 0 aliphatic heterocycles. The van der Waals surface area contributed by atoms with E-state index < -0.39 is 27.9 Å². The highest BCUT2D eigenvalue weighted by atomic mass is 35.5. The largest absolute Gasteiger partial charge is 0.495 e. The molecule has 0 unspecified atom stereocenters. The van der Waals surface area contributed by atoms with E-state index in [2.05, 4.69) is 5.32 Å². The highest BCUT2D eigenvalue weighted by Gasteiger charge is 2.31. The number of hydrogen-bond donors (Lipinski definition) is 1. The van der Waals surface area contributed by atoms with Crippen molar-refractivity contribution >= 4 is 56.5 Å². The highest BCUT2D eigenvalue weighted by Crippen LogP contribution is 2.34. The van der Waals surface area contributed by atoms with Crippen molar-refractivity contribution in [3.8, 4) is 5.75 Å². The molecule has 0 aliphatic carbocycles. The van der Waals surface area contributed by atoms with Crippen molar-refractivity contribution < 1.29 is 27.5 Å². The highest BCUT2D eigenvalue weighted by molar-refractivity contribution is 7.92. The number of nitrogens with one attached hydrogen (secondary N) is 1. The molecule has 1 N–H and O–H groups in total. The summed E-state index contributed by atoms with van der Waals surface area (Å²) in [6.07, 6.45) is 0.971. The van der Waals surface area contributed by atoms with E-state index in [1.165, 1.54) is 44.4 Å². The van der Waals surface area contributed by atoms with E-state index in [1.807, 2.05) is 0 Å². The molecule has 168 valence electrons. The van der Waals surface area contributed by atoms with Crippen LogP contribution in [-0.2, 0) is 19.6 Å². The fourth-order valence-corrected chi connectivity index (χ4v) is 4.36. The minimum Gasteiger partial charge on any atom is -0.495 e. The van der Waals surface area contributed by atoms with Crippen molar-refractivity contribution in [1.29, 1.82) is 0 Å². The smallest absolute Gasteiger partial charge is 0.339 e. The number of anilines is 2. The number of rotatable bonds is 8. The van der Waals surface area contributed by atoms with Gasteiger partial charge in [0.2, 0.25) is 15.9 Å². The van der Waals surface area contributed by atoms with Crippen molar-refractivity contribution in [2.45, 2.75) is 19.9 Å². The Kier molecular flexibility index (Phi) is 8.16. The number of carbonyl (C=O) groups is 2. The Morgan fingerprint density at radius 1 is 1.16 bits per heavy atom. The third-order valence-electron chi connectivity index (χ3n) is 4.20. The zero-order valence-electron chi connectivity index (χ0n) is 17.3. The van der Waals surface area contributed by atoms with E-state index in [0.29, 0.717) is 0 Å². The second-order valence-electron chi connectivity index (χ2n) is 6.46. The molecule has 0 aliphatic rings. The maximum Gasteiger partial charge on any atom is 0.339 e. The van der Waals surface area contributed by atoms with Crippen molar-refractivity contribution in [2.75, 3.05) is 29.6 Å². The lowest BCUT2D eigenvalue weighted by Crippen LogP contribution is -2.45. The SMILES string of the molecule is CCOC(=O)c1cc(NC(=O)[C@H](C)N(c2cc(Cl)ccc2OC)S(C)(=O)=O)ccc1Cl. The van der Waals surface area contributed by atoms with Crippen LogP contribution in [-0.4, -0.2) is 46.3 Å². The van der Waals surface area contributed by atoms with Crippen LogP contribution in [0.3, 0.4) is 0 Å². The quantitative estimate of drug-likeness (QED) is 0.563. The Bertz CT molecular complexity index is 1090. The number of ether oxygens (including phenoxy) is 2. The Morgan fingerprint density at radius 3 is 2.42 bits per heavy atom. The van der Waals surface area contributed by atoms with Crippen LogP contribution in [0.25, 0.3) is 0 Å². The van der Waals surface area contributed by atoms with Gasteiger partial charge < -0.3 is 14.8 Å². The number of benzene rings is 2. The first-order valence-corrected chi connectivity index (χ1v) is 11.7. The molecular weight excluding hydrogens is 467 g/mol. The molecule has 0 spiro atoms. The van der Waals surface area contributed by atoms with Crippen LogP contribution in [0.4, 0.5) is 11.4 Å². The van der Waals surface area contributed by atoms with Crippen LogP contribution in [0.2, 0.25) is 10.0 Å². The fraction of sp³-hybridized carbons (Fsp3) is 0.300. The zero-order valence-corrected chi connectivity index (χ0v) is 19.6. The van der Waals surface area contributed by atoms with E-state index in [1.54, 1.807) is 13.0 Å². The van der Waals surface area contributed by atoms with E-state index in [9.17, 15) is 18.0 Å². The van der Waals surface area contributed by atoms with Gasteiger partial charge in [-0.05, 0) is 50.2 Å². The third-order valence-corrected chi connectivity index (χ3v) is 5.99. The predicted molar refractivity (Wildman–Crippen MR) is 121 cm³/mol. The van der Waals surface area contributed by atoms with Crippen LogP contribution in [0.15, 0.2) is 36.4 Å². The summed E-state index contributed by atoms with van der Waals surface area (Å²) in [7, 11) is -2.52. The van der Waals surface area contributed by atoms with E-state index in [4.69, 9.17) is 32.7 Å². The standard InChI is InChI=1S/C20H22Cl2N2O6S/c1-5-30-20(26)15-11-14(7-8-16(15)22)23-19(25)12(2)24(31(4,27)28)17-10-13(21)6-9-18(17)29-3/h6-12H,5H2,1-4H3,(H,23,25)/t12-/m0/s1. The molecular formula is C20H22Cl2N2O6S. The van der Waals surface area contributed by atoms with E-state index in [-0.39, 0.29) is 39.3 Å².